The molecule has 1 aromatic carbocycles. The van der Waals surface area contributed by atoms with Crippen molar-refractivity contribution in [3.63, 3.8) is 0 Å². The van der Waals surface area contributed by atoms with Gasteiger partial charge in [-0.3, -0.25) is 14.4 Å². The van der Waals surface area contributed by atoms with E-state index < -0.39 is 23.9 Å². The molecule has 114 valence electrons. The van der Waals surface area contributed by atoms with Crippen molar-refractivity contribution in [1.82, 2.24) is 5.32 Å². The van der Waals surface area contributed by atoms with Gasteiger partial charge in [-0.15, -0.1) is 0 Å². The summed E-state index contributed by atoms with van der Waals surface area (Å²) in [5, 5.41) is 10.8. The van der Waals surface area contributed by atoms with Crippen LogP contribution < -0.4 is 11.1 Å². The Labute approximate surface area is 122 Å². The number of carboxylic acid groups (broad SMARTS) is 1. The molecule has 7 nitrogen and oxygen atoms in total. The Morgan fingerprint density at radius 3 is 2.52 bits per heavy atom. The predicted octanol–water partition coefficient (Wildman–Crippen LogP) is 0.0381. The van der Waals surface area contributed by atoms with Gasteiger partial charge in [0.2, 0.25) is 5.91 Å². The molecule has 0 fully saturated rings. The number of benzene rings is 1. The molecule has 0 spiro atoms. The number of carbonyl (C=O) groups is 3. The SMILES string of the molecule is N[C@@H](CCC(=O)O)C(=O)NCC(=O)OCc1ccccc1. The summed E-state index contributed by atoms with van der Waals surface area (Å²) in [4.78, 5) is 33.3. The molecule has 0 aliphatic rings. The largest absolute Gasteiger partial charge is 0.481 e. The van der Waals surface area contributed by atoms with Gasteiger partial charge in [0.1, 0.15) is 13.2 Å². The number of carboxylic acids is 1. The molecular formula is C14H18N2O5. The highest BCUT2D eigenvalue weighted by atomic mass is 16.5. The van der Waals surface area contributed by atoms with Crippen LogP contribution in [0.1, 0.15) is 18.4 Å². The number of aliphatic carboxylic acids is 1. The lowest BCUT2D eigenvalue weighted by Crippen LogP contribution is -2.43. The monoisotopic (exact) mass is 294 g/mol. The lowest BCUT2D eigenvalue weighted by atomic mass is 10.1. The van der Waals surface area contributed by atoms with Gasteiger partial charge in [0.25, 0.3) is 0 Å². The molecule has 1 atom stereocenters. The van der Waals surface area contributed by atoms with E-state index in [9.17, 15) is 14.4 Å². The molecular weight excluding hydrogens is 276 g/mol. The van der Waals surface area contributed by atoms with Crippen molar-refractivity contribution in [2.75, 3.05) is 6.54 Å². The molecule has 0 saturated heterocycles. The number of nitrogens with two attached hydrogens (primary N) is 1. The first kappa shape index (κ1) is 16.6. The van der Waals surface area contributed by atoms with Crippen LogP contribution in [0.4, 0.5) is 0 Å². The molecule has 0 bridgehead atoms. The molecule has 21 heavy (non-hydrogen) atoms. The van der Waals surface area contributed by atoms with E-state index in [1.54, 1.807) is 0 Å². The summed E-state index contributed by atoms with van der Waals surface area (Å²) < 4.78 is 4.97. The first-order valence-corrected chi connectivity index (χ1v) is 6.43. The molecule has 0 aromatic heterocycles. The summed E-state index contributed by atoms with van der Waals surface area (Å²) in [5.74, 6) is -2.19. The maximum atomic E-state index is 11.5. The van der Waals surface area contributed by atoms with Gasteiger partial charge in [-0.25, -0.2) is 0 Å². The van der Waals surface area contributed by atoms with E-state index in [4.69, 9.17) is 15.6 Å². The van der Waals surface area contributed by atoms with Crippen LogP contribution in [0.2, 0.25) is 0 Å². The first-order chi connectivity index (χ1) is 9.99. The number of nitrogens with one attached hydrogen (secondary N) is 1. The fraction of sp³-hybridized carbons (Fsp3) is 0.357. The van der Waals surface area contributed by atoms with Gasteiger partial charge >= 0.3 is 11.9 Å². The third-order valence-corrected chi connectivity index (χ3v) is 2.66. The van der Waals surface area contributed by atoms with E-state index in [0.717, 1.165) is 5.56 Å². The van der Waals surface area contributed by atoms with Gasteiger partial charge in [0.05, 0.1) is 6.04 Å². The van der Waals surface area contributed by atoms with Gasteiger partial charge < -0.3 is 20.9 Å². The van der Waals surface area contributed by atoms with Crippen molar-refractivity contribution in [2.45, 2.75) is 25.5 Å². The third-order valence-electron chi connectivity index (χ3n) is 2.66. The molecule has 7 heteroatoms. The van der Waals surface area contributed by atoms with E-state index in [1.165, 1.54) is 0 Å². The lowest BCUT2D eigenvalue weighted by Gasteiger charge is -2.11. The average Bonchev–Trinajstić information content (AvgIpc) is 2.49. The van der Waals surface area contributed by atoms with E-state index in [0.29, 0.717) is 0 Å². The maximum Gasteiger partial charge on any atom is 0.325 e. The Morgan fingerprint density at radius 2 is 1.90 bits per heavy atom. The van der Waals surface area contributed by atoms with Crippen LogP contribution in [-0.4, -0.2) is 35.5 Å². The van der Waals surface area contributed by atoms with Crippen LogP contribution >= 0.6 is 0 Å². The molecule has 0 unspecified atom stereocenters. The molecule has 0 heterocycles. The van der Waals surface area contributed by atoms with Gasteiger partial charge in [-0.1, -0.05) is 30.3 Å². The van der Waals surface area contributed by atoms with Gasteiger partial charge in [0.15, 0.2) is 0 Å². The van der Waals surface area contributed by atoms with Crippen LogP contribution in [0, 0.1) is 0 Å². The minimum Gasteiger partial charge on any atom is -0.481 e. The van der Waals surface area contributed by atoms with Gasteiger partial charge in [0, 0.05) is 6.42 Å². The Morgan fingerprint density at radius 1 is 1.24 bits per heavy atom. The number of amides is 1. The summed E-state index contributed by atoms with van der Waals surface area (Å²) in [6.45, 7) is -0.174. The van der Waals surface area contributed by atoms with E-state index in [2.05, 4.69) is 5.32 Å². The lowest BCUT2D eigenvalue weighted by molar-refractivity contribution is -0.145. The standard InChI is InChI=1S/C14H18N2O5/c15-11(6-7-12(17)18)14(20)16-8-13(19)21-9-10-4-2-1-3-5-10/h1-5,11H,6-9,15H2,(H,16,20)(H,17,18)/t11-/m0/s1. The second-order valence-corrected chi connectivity index (χ2v) is 4.40. The highest BCUT2D eigenvalue weighted by Crippen LogP contribution is 2.00. The zero-order valence-electron chi connectivity index (χ0n) is 11.5. The second kappa shape index (κ2) is 8.70. The third kappa shape index (κ3) is 7.07. The van der Waals surface area contributed by atoms with Gasteiger partial charge in [-0.2, -0.15) is 0 Å². The molecule has 0 aliphatic heterocycles. The molecule has 0 radical (unpaired) electrons. The zero-order valence-corrected chi connectivity index (χ0v) is 11.5. The quantitative estimate of drug-likeness (QED) is 0.582. The minimum atomic E-state index is -1.03. The van der Waals surface area contributed by atoms with E-state index >= 15 is 0 Å². The molecule has 0 aliphatic carbocycles. The van der Waals surface area contributed by atoms with Crippen LogP contribution in [0.25, 0.3) is 0 Å². The highest BCUT2D eigenvalue weighted by molar-refractivity contribution is 5.85. The number of carbonyl (C=O) groups excluding carboxylic acids is 2. The second-order valence-electron chi connectivity index (χ2n) is 4.40. The smallest absolute Gasteiger partial charge is 0.325 e. The Hall–Kier alpha value is -2.41. The maximum absolute atomic E-state index is 11.5. The van der Waals surface area contributed by atoms with Crippen molar-refractivity contribution < 1.29 is 24.2 Å². The molecule has 0 saturated carbocycles. The predicted molar refractivity (Wildman–Crippen MR) is 74.1 cm³/mol. The summed E-state index contributed by atoms with van der Waals surface area (Å²) in [7, 11) is 0. The number of hydrogen-bond donors (Lipinski definition) is 3. The van der Waals surface area contributed by atoms with Crippen molar-refractivity contribution in [3.8, 4) is 0 Å². The Kier molecular flexibility index (Phi) is 6.90. The van der Waals surface area contributed by atoms with Crippen molar-refractivity contribution in [2.24, 2.45) is 5.73 Å². The summed E-state index contributed by atoms with van der Waals surface area (Å²) >= 11 is 0. The van der Waals surface area contributed by atoms with Crippen molar-refractivity contribution in [1.29, 1.82) is 0 Å². The van der Waals surface area contributed by atoms with E-state index in [1.807, 2.05) is 30.3 Å². The number of esters is 1. The topological polar surface area (TPSA) is 119 Å². The molecule has 1 aromatic rings. The Balaban J connectivity index is 2.23. The molecule has 1 rings (SSSR count). The zero-order chi connectivity index (χ0) is 15.7. The highest BCUT2D eigenvalue weighted by Gasteiger charge is 2.15. The summed E-state index contributed by atoms with van der Waals surface area (Å²) in [5.41, 5.74) is 6.33. The molecule has 1 amide bonds. The molecule has 4 N–H and O–H groups in total. The number of rotatable bonds is 8. The van der Waals surface area contributed by atoms with Gasteiger partial charge in [-0.05, 0) is 12.0 Å². The van der Waals surface area contributed by atoms with Crippen molar-refractivity contribution in [3.05, 3.63) is 35.9 Å². The number of hydrogen-bond acceptors (Lipinski definition) is 5. The van der Waals surface area contributed by atoms with Crippen LogP contribution in [0.15, 0.2) is 30.3 Å². The van der Waals surface area contributed by atoms with Crippen LogP contribution in [0.5, 0.6) is 0 Å². The van der Waals surface area contributed by atoms with Crippen molar-refractivity contribution >= 4 is 17.8 Å². The van der Waals surface area contributed by atoms with Crippen LogP contribution in [0.3, 0.4) is 0 Å². The normalized spacial score (nSPS) is 11.5. The Bertz CT molecular complexity index is 489. The summed E-state index contributed by atoms with van der Waals surface area (Å²) in [6.07, 6.45) is -0.187. The fourth-order valence-corrected chi connectivity index (χ4v) is 1.49. The van der Waals surface area contributed by atoms with E-state index in [-0.39, 0.29) is 26.0 Å². The summed E-state index contributed by atoms with van der Waals surface area (Å²) in [6, 6.07) is 8.17. The fourth-order valence-electron chi connectivity index (χ4n) is 1.49. The van der Waals surface area contributed by atoms with Crippen LogP contribution in [-0.2, 0) is 25.7 Å². The first-order valence-electron chi connectivity index (χ1n) is 6.43. The average molecular weight is 294 g/mol. The minimum absolute atomic E-state index is 0.0141. The number of ether oxygens (including phenoxy) is 1.